The highest BCUT2D eigenvalue weighted by atomic mass is 35.5. The maximum absolute atomic E-state index is 13.8. The Kier molecular flexibility index (Phi) is 6.24. The normalized spacial score (nSPS) is 14.5. The van der Waals surface area contributed by atoms with E-state index in [-0.39, 0.29) is 0 Å². The van der Waals surface area contributed by atoms with Gasteiger partial charge < -0.3 is 15.0 Å². The van der Waals surface area contributed by atoms with Gasteiger partial charge in [0.25, 0.3) is 5.91 Å². The van der Waals surface area contributed by atoms with Gasteiger partial charge in [-0.3, -0.25) is 4.79 Å². The molecule has 5 nitrogen and oxygen atoms in total. The number of hydrogen-bond donors (Lipinski definition) is 1. The van der Waals surface area contributed by atoms with Crippen molar-refractivity contribution in [2.24, 2.45) is 0 Å². The molecule has 28 heavy (non-hydrogen) atoms. The van der Waals surface area contributed by atoms with Gasteiger partial charge in [-0.2, -0.15) is 5.26 Å². The van der Waals surface area contributed by atoms with Gasteiger partial charge in [-0.25, -0.2) is 8.78 Å². The first kappa shape index (κ1) is 19.8. The van der Waals surface area contributed by atoms with Gasteiger partial charge in [0.1, 0.15) is 23.3 Å². The fraction of sp³-hybridized carbons (Fsp3) is 0.200. The molecule has 2 aromatic carbocycles. The maximum atomic E-state index is 13.8. The van der Waals surface area contributed by atoms with E-state index in [0.29, 0.717) is 37.0 Å². The minimum absolute atomic E-state index is 0.398. The molecule has 8 heteroatoms. The van der Waals surface area contributed by atoms with E-state index in [2.05, 4.69) is 5.32 Å². The van der Waals surface area contributed by atoms with Crippen LogP contribution in [-0.4, -0.2) is 32.2 Å². The molecule has 0 aliphatic carbocycles. The van der Waals surface area contributed by atoms with Crippen LogP contribution in [0.15, 0.2) is 42.0 Å². The molecule has 2 aromatic rings. The lowest BCUT2D eigenvalue weighted by molar-refractivity contribution is -0.112. The van der Waals surface area contributed by atoms with Gasteiger partial charge in [-0.15, -0.1) is 0 Å². The summed E-state index contributed by atoms with van der Waals surface area (Å²) in [7, 11) is 0. The first-order chi connectivity index (χ1) is 13.5. The Hall–Kier alpha value is -2.95. The third-order valence-electron chi connectivity index (χ3n) is 4.21. The summed E-state index contributed by atoms with van der Waals surface area (Å²) in [5, 5.41) is 12.3. The molecule has 1 heterocycles. The molecule has 1 fully saturated rings. The van der Waals surface area contributed by atoms with Gasteiger partial charge in [0.05, 0.1) is 24.6 Å². The smallest absolute Gasteiger partial charge is 0.266 e. The van der Waals surface area contributed by atoms with Crippen LogP contribution >= 0.6 is 11.6 Å². The molecule has 0 bridgehead atoms. The van der Waals surface area contributed by atoms with E-state index in [9.17, 15) is 18.8 Å². The Balaban J connectivity index is 1.90. The number of nitrogens with one attached hydrogen (secondary N) is 1. The van der Waals surface area contributed by atoms with Crippen LogP contribution in [0.1, 0.15) is 5.56 Å². The van der Waals surface area contributed by atoms with Crippen LogP contribution in [0.4, 0.5) is 20.2 Å². The van der Waals surface area contributed by atoms with Crippen LogP contribution in [0.3, 0.4) is 0 Å². The zero-order valence-corrected chi connectivity index (χ0v) is 15.5. The molecule has 0 saturated carbocycles. The summed E-state index contributed by atoms with van der Waals surface area (Å²) in [5.74, 6) is -2.52. The molecule has 1 aliphatic heterocycles. The number of amides is 1. The average molecular weight is 404 g/mol. The van der Waals surface area contributed by atoms with Crippen molar-refractivity contribution in [2.45, 2.75) is 0 Å². The van der Waals surface area contributed by atoms with E-state index < -0.39 is 28.7 Å². The molecule has 0 atom stereocenters. The van der Waals surface area contributed by atoms with Gasteiger partial charge in [-0.05, 0) is 36.4 Å². The van der Waals surface area contributed by atoms with E-state index in [1.165, 1.54) is 6.07 Å². The van der Waals surface area contributed by atoms with Crippen molar-refractivity contribution in [1.82, 2.24) is 0 Å². The summed E-state index contributed by atoms with van der Waals surface area (Å²) in [5.41, 5.74) is 0.232. The molecule has 0 unspecified atom stereocenters. The van der Waals surface area contributed by atoms with Crippen molar-refractivity contribution in [3.05, 3.63) is 64.2 Å². The van der Waals surface area contributed by atoms with Gasteiger partial charge in [-0.1, -0.05) is 17.7 Å². The second-order valence-corrected chi connectivity index (χ2v) is 6.46. The minimum Gasteiger partial charge on any atom is -0.378 e. The number of carbonyl (C=O) groups is 1. The molecule has 1 amide bonds. The van der Waals surface area contributed by atoms with Crippen molar-refractivity contribution in [3.8, 4) is 6.07 Å². The van der Waals surface area contributed by atoms with Crippen molar-refractivity contribution in [3.63, 3.8) is 0 Å². The number of halogens is 3. The van der Waals surface area contributed by atoms with E-state index in [1.54, 1.807) is 24.3 Å². The number of morpholine rings is 1. The summed E-state index contributed by atoms with van der Waals surface area (Å²) in [6, 6.07) is 10.0. The summed E-state index contributed by atoms with van der Waals surface area (Å²) in [6.07, 6.45) is 0.888. The van der Waals surface area contributed by atoms with Crippen LogP contribution in [0.5, 0.6) is 0 Å². The van der Waals surface area contributed by atoms with Crippen LogP contribution in [0, 0.1) is 23.0 Å². The lowest BCUT2D eigenvalue weighted by Gasteiger charge is -2.30. The van der Waals surface area contributed by atoms with E-state index in [0.717, 1.165) is 23.9 Å². The number of ether oxygens (including phenoxy) is 1. The summed E-state index contributed by atoms with van der Waals surface area (Å²) < 4.78 is 33.0. The van der Waals surface area contributed by atoms with Crippen LogP contribution < -0.4 is 10.2 Å². The number of benzene rings is 2. The van der Waals surface area contributed by atoms with E-state index in [4.69, 9.17) is 16.3 Å². The summed E-state index contributed by atoms with van der Waals surface area (Å²) in [6.45, 7) is 2.36. The second kappa shape index (κ2) is 8.83. The van der Waals surface area contributed by atoms with Crippen molar-refractivity contribution in [2.75, 3.05) is 36.5 Å². The molecule has 3 rings (SSSR count). The largest absolute Gasteiger partial charge is 0.378 e. The molecule has 144 valence electrons. The Morgan fingerprint density at radius 3 is 2.54 bits per heavy atom. The van der Waals surface area contributed by atoms with Crippen molar-refractivity contribution < 1.29 is 18.3 Å². The summed E-state index contributed by atoms with van der Waals surface area (Å²) >= 11 is 6.05. The number of carbonyl (C=O) groups excluding carboxylic acids is 1. The predicted octanol–water partition coefficient (Wildman–Crippen LogP) is 4.00. The first-order valence-electron chi connectivity index (χ1n) is 8.49. The summed E-state index contributed by atoms with van der Waals surface area (Å²) in [4.78, 5) is 14.6. The zero-order chi connectivity index (χ0) is 20.1. The molecular weight excluding hydrogens is 388 g/mol. The van der Waals surface area contributed by atoms with Crippen LogP contribution in [0.2, 0.25) is 5.02 Å². The molecule has 1 N–H and O–H groups in total. The minimum atomic E-state index is -0.864. The molecular formula is C20H16ClF2N3O2. The van der Waals surface area contributed by atoms with Gasteiger partial charge in [0.2, 0.25) is 0 Å². The van der Waals surface area contributed by atoms with Crippen molar-refractivity contribution in [1.29, 1.82) is 5.26 Å². The fourth-order valence-corrected chi connectivity index (χ4v) is 2.99. The molecule has 0 spiro atoms. The average Bonchev–Trinajstić information content (AvgIpc) is 2.68. The topological polar surface area (TPSA) is 65.4 Å². The number of rotatable bonds is 4. The van der Waals surface area contributed by atoms with Crippen LogP contribution in [0.25, 0.3) is 6.08 Å². The standard InChI is InChI=1S/C20H16ClF2N3O2/c21-14-4-5-19(26-6-8-28-9-7-26)18(11-14)25-20(27)13(12-24)10-15-16(22)2-1-3-17(15)23/h1-5,10-11H,6-9H2,(H,25,27). The molecule has 1 aliphatic rings. The third kappa shape index (κ3) is 4.47. The Bertz CT molecular complexity index is 946. The highest BCUT2D eigenvalue weighted by molar-refractivity contribution is 6.31. The molecule has 0 radical (unpaired) electrons. The third-order valence-corrected chi connectivity index (χ3v) is 4.45. The maximum Gasteiger partial charge on any atom is 0.266 e. The quantitative estimate of drug-likeness (QED) is 0.619. The SMILES string of the molecule is N#CC(=Cc1c(F)cccc1F)C(=O)Nc1cc(Cl)ccc1N1CCOCC1. The molecule has 1 saturated heterocycles. The number of anilines is 2. The Labute approximate surface area is 165 Å². The molecule has 0 aromatic heterocycles. The van der Waals surface area contributed by atoms with Gasteiger partial charge >= 0.3 is 0 Å². The second-order valence-electron chi connectivity index (χ2n) is 6.02. The first-order valence-corrected chi connectivity index (χ1v) is 8.87. The predicted molar refractivity (Wildman–Crippen MR) is 103 cm³/mol. The zero-order valence-electron chi connectivity index (χ0n) is 14.7. The fourth-order valence-electron chi connectivity index (χ4n) is 2.82. The van der Waals surface area contributed by atoms with E-state index in [1.807, 2.05) is 4.90 Å². The lowest BCUT2D eigenvalue weighted by atomic mass is 10.1. The van der Waals surface area contributed by atoms with Crippen LogP contribution in [-0.2, 0) is 9.53 Å². The van der Waals surface area contributed by atoms with Gasteiger partial charge in [0.15, 0.2) is 0 Å². The Morgan fingerprint density at radius 1 is 1.21 bits per heavy atom. The van der Waals surface area contributed by atoms with Gasteiger partial charge in [0, 0.05) is 23.7 Å². The highest BCUT2D eigenvalue weighted by Crippen LogP contribution is 2.30. The number of nitrogens with zero attached hydrogens (tertiary/aromatic N) is 2. The highest BCUT2D eigenvalue weighted by Gasteiger charge is 2.19. The lowest BCUT2D eigenvalue weighted by Crippen LogP contribution is -2.36. The Morgan fingerprint density at radius 2 is 1.89 bits per heavy atom. The van der Waals surface area contributed by atoms with Crippen molar-refractivity contribution >= 4 is 35.0 Å². The van der Waals surface area contributed by atoms with E-state index >= 15 is 0 Å². The number of nitriles is 1. The monoisotopic (exact) mass is 403 g/mol. The number of hydrogen-bond acceptors (Lipinski definition) is 4.